The normalized spacial score (nSPS) is 28.3. The fourth-order valence-corrected chi connectivity index (χ4v) is 2.50. The molecule has 0 unspecified atom stereocenters. The molecule has 2 nitrogen and oxygen atoms in total. The first-order chi connectivity index (χ1) is 7.39. The van der Waals surface area contributed by atoms with E-state index < -0.39 is 5.79 Å². The molecule has 88 valence electrons. The average Bonchev–Trinajstić information content (AvgIpc) is 2.39. The summed E-state index contributed by atoms with van der Waals surface area (Å²) in [7, 11) is 0. The summed E-state index contributed by atoms with van der Waals surface area (Å²) in [6.07, 6.45) is -0.159. The van der Waals surface area contributed by atoms with E-state index in [0.717, 1.165) is 5.56 Å². The first-order valence-corrected chi connectivity index (χ1v) is 5.95. The van der Waals surface area contributed by atoms with Crippen LogP contribution in [0, 0.1) is 0 Å². The summed E-state index contributed by atoms with van der Waals surface area (Å²) in [5.74, 6) is -0.562. The van der Waals surface area contributed by atoms with E-state index in [1.807, 2.05) is 32.9 Å². The lowest BCUT2D eigenvalue weighted by atomic mass is 10.1. The van der Waals surface area contributed by atoms with Crippen molar-refractivity contribution < 1.29 is 9.47 Å². The lowest BCUT2D eigenvalue weighted by Crippen LogP contribution is -2.20. The highest BCUT2D eigenvalue weighted by atomic mass is 35.5. The second kappa shape index (κ2) is 4.19. The standard InChI is InChI=1S/C12H14Cl2O2/c1-7-11(16-12(2,3)15-7)9-5-4-8(13)6-10(9)14/h4-7,11H,1-3H3/t7-,11-/m1/s1. The lowest BCUT2D eigenvalue weighted by Gasteiger charge is -2.17. The minimum absolute atomic E-state index is 0.0197. The minimum Gasteiger partial charge on any atom is -0.344 e. The molecular weight excluding hydrogens is 247 g/mol. The smallest absolute Gasteiger partial charge is 0.164 e. The molecular formula is C12H14Cl2O2. The highest BCUT2D eigenvalue weighted by Crippen LogP contribution is 2.40. The Hall–Kier alpha value is -0.280. The molecule has 0 N–H and O–H groups in total. The number of halogens is 2. The Bertz CT molecular complexity index is 404. The minimum atomic E-state index is -0.562. The van der Waals surface area contributed by atoms with Crippen molar-refractivity contribution in [2.24, 2.45) is 0 Å². The van der Waals surface area contributed by atoms with Crippen molar-refractivity contribution in [3.63, 3.8) is 0 Å². The zero-order chi connectivity index (χ0) is 11.9. The van der Waals surface area contributed by atoms with E-state index in [9.17, 15) is 0 Å². The van der Waals surface area contributed by atoms with Crippen LogP contribution in [0.5, 0.6) is 0 Å². The average molecular weight is 261 g/mol. The predicted octanol–water partition coefficient (Wildman–Crippen LogP) is 4.21. The van der Waals surface area contributed by atoms with Crippen molar-refractivity contribution in [2.75, 3.05) is 0 Å². The molecule has 1 aromatic carbocycles. The Labute approximate surface area is 105 Å². The molecule has 2 atom stereocenters. The number of ether oxygens (including phenoxy) is 2. The van der Waals surface area contributed by atoms with Gasteiger partial charge in [-0.1, -0.05) is 29.3 Å². The first-order valence-electron chi connectivity index (χ1n) is 5.20. The Kier molecular flexibility index (Phi) is 3.19. The van der Waals surface area contributed by atoms with E-state index in [0.29, 0.717) is 10.0 Å². The lowest BCUT2D eigenvalue weighted by molar-refractivity contribution is -0.145. The van der Waals surface area contributed by atoms with Crippen molar-refractivity contribution in [1.29, 1.82) is 0 Å². The molecule has 1 aromatic rings. The summed E-state index contributed by atoms with van der Waals surface area (Å²) >= 11 is 12.0. The second-order valence-corrected chi connectivity index (χ2v) is 5.27. The molecule has 4 heteroatoms. The van der Waals surface area contributed by atoms with E-state index >= 15 is 0 Å². The third-order valence-electron chi connectivity index (χ3n) is 2.58. The van der Waals surface area contributed by atoms with E-state index in [1.54, 1.807) is 6.07 Å². The largest absolute Gasteiger partial charge is 0.344 e. The van der Waals surface area contributed by atoms with Crippen LogP contribution < -0.4 is 0 Å². The maximum absolute atomic E-state index is 6.15. The third kappa shape index (κ3) is 2.35. The van der Waals surface area contributed by atoms with Gasteiger partial charge in [0.1, 0.15) is 6.10 Å². The van der Waals surface area contributed by atoms with Gasteiger partial charge >= 0.3 is 0 Å². The van der Waals surface area contributed by atoms with Gasteiger partial charge in [0.05, 0.1) is 6.10 Å². The second-order valence-electron chi connectivity index (χ2n) is 4.43. The van der Waals surface area contributed by atoms with Crippen LogP contribution in [-0.2, 0) is 9.47 Å². The van der Waals surface area contributed by atoms with Crippen LogP contribution in [0.2, 0.25) is 10.0 Å². The van der Waals surface area contributed by atoms with Gasteiger partial charge < -0.3 is 9.47 Å². The molecule has 1 aliphatic heterocycles. The van der Waals surface area contributed by atoms with Crippen molar-refractivity contribution >= 4 is 23.2 Å². The number of benzene rings is 1. The summed E-state index contributed by atoms with van der Waals surface area (Å²) < 4.78 is 11.5. The van der Waals surface area contributed by atoms with Crippen molar-refractivity contribution in [3.8, 4) is 0 Å². The van der Waals surface area contributed by atoms with Gasteiger partial charge in [0, 0.05) is 15.6 Å². The van der Waals surface area contributed by atoms with Crippen LogP contribution in [0.4, 0.5) is 0 Å². The first kappa shape index (κ1) is 12.2. The van der Waals surface area contributed by atoms with Gasteiger partial charge in [-0.15, -0.1) is 0 Å². The molecule has 1 saturated heterocycles. The molecule has 0 aliphatic carbocycles. The highest BCUT2D eigenvalue weighted by molar-refractivity contribution is 6.35. The quantitative estimate of drug-likeness (QED) is 0.754. The Morgan fingerprint density at radius 1 is 1.19 bits per heavy atom. The Morgan fingerprint density at radius 3 is 2.38 bits per heavy atom. The zero-order valence-corrected chi connectivity index (χ0v) is 11.0. The third-order valence-corrected chi connectivity index (χ3v) is 3.14. The van der Waals surface area contributed by atoms with Crippen LogP contribution in [0.3, 0.4) is 0 Å². The molecule has 0 radical (unpaired) electrons. The van der Waals surface area contributed by atoms with Gasteiger partial charge in [-0.2, -0.15) is 0 Å². The van der Waals surface area contributed by atoms with E-state index in [1.165, 1.54) is 0 Å². The maximum Gasteiger partial charge on any atom is 0.164 e. The van der Waals surface area contributed by atoms with Gasteiger partial charge in [-0.25, -0.2) is 0 Å². The summed E-state index contributed by atoms with van der Waals surface area (Å²) in [6.45, 7) is 5.77. The van der Waals surface area contributed by atoms with Crippen molar-refractivity contribution in [3.05, 3.63) is 33.8 Å². The summed E-state index contributed by atoms with van der Waals surface area (Å²) in [6, 6.07) is 5.42. The molecule has 1 aliphatic rings. The summed E-state index contributed by atoms with van der Waals surface area (Å²) in [5, 5.41) is 1.24. The van der Waals surface area contributed by atoms with E-state index in [4.69, 9.17) is 32.7 Å². The topological polar surface area (TPSA) is 18.5 Å². The summed E-state index contributed by atoms with van der Waals surface area (Å²) in [5.41, 5.74) is 0.921. The van der Waals surface area contributed by atoms with Crippen molar-refractivity contribution in [2.45, 2.75) is 38.8 Å². The molecule has 1 heterocycles. The molecule has 0 aromatic heterocycles. The molecule has 1 fully saturated rings. The highest BCUT2D eigenvalue weighted by Gasteiger charge is 2.40. The fourth-order valence-electron chi connectivity index (χ4n) is 1.99. The van der Waals surface area contributed by atoms with Gasteiger partial charge in [-0.3, -0.25) is 0 Å². The van der Waals surface area contributed by atoms with Crippen LogP contribution in [0.25, 0.3) is 0 Å². The fraction of sp³-hybridized carbons (Fsp3) is 0.500. The number of hydrogen-bond donors (Lipinski definition) is 0. The SMILES string of the molecule is C[C@H]1OC(C)(C)O[C@H]1c1ccc(Cl)cc1Cl. The predicted molar refractivity (Wildman–Crippen MR) is 64.9 cm³/mol. The number of hydrogen-bond acceptors (Lipinski definition) is 2. The van der Waals surface area contributed by atoms with Crippen LogP contribution >= 0.6 is 23.2 Å². The monoisotopic (exact) mass is 260 g/mol. The zero-order valence-electron chi connectivity index (χ0n) is 9.46. The van der Waals surface area contributed by atoms with Crippen LogP contribution in [0.15, 0.2) is 18.2 Å². The van der Waals surface area contributed by atoms with Gasteiger partial charge in [0.15, 0.2) is 5.79 Å². The number of rotatable bonds is 1. The summed E-state index contributed by atoms with van der Waals surface area (Å²) in [4.78, 5) is 0. The molecule has 0 saturated carbocycles. The van der Waals surface area contributed by atoms with Gasteiger partial charge in [-0.05, 0) is 32.9 Å². The van der Waals surface area contributed by atoms with Gasteiger partial charge in [0.2, 0.25) is 0 Å². The molecule has 0 bridgehead atoms. The van der Waals surface area contributed by atoms with Crippen LogP contribution in [-0.4, -0.2) is 11.9 Å². The van der Waals surface area contributed by atoms with Gasteiger partial charge in [0.25, 0.3) is 0 Å². The van der Waals surface area contributed by atoms with E-state index in [-0.39, 0.29) is 12.2 Å². The molecule has 0 spiro atoms. The maximum atomic E-state index is 6.15. The Morgan fingerprint density at radius 2 is 1.88 bits per heavy atom. The Balaban J connectivity index is 2.31. The molecule has 2 rings (SSSR count). The molecule has 0 amide bonds. The molecule has 16 heavy (non-hydrogen) atoms. The van der Waals surface area contributed by atoms with E-state index in [2.05, 4.69) is 0 Å². The van der Waals surface area contributed by atoms with Crippen LogP contribution in [0.1, 0.15) is 32.4 Å². The van der Waals surface area contributed by atoms with Crippen molar-refractivity contribution in [1.82, 2.24) is 0 Å².